The van der Waals surface area contributed by atoms with E-state index < -0.39 is 0 Å². The Bertz CT molecular complexity index is 476. The number of benzene rings is 1. The van der Waals surface area contributed by atoms with Crippen LogP contribution in [0, 0.1) is 5.92 Å². The van der Waals surface area contributed by atoms with Crippen LogP contribution in [-0.2, 0) is 4.79 Å². The van der Waals surface area contributed by atoms with Gasteiger partial charge in [-0.25, -0.2) is 0 Å². The van der Waals surface area contributed by atoms with Crippen LogP contribution >= 0.6 is 11.6 Å². The second-order valence-electron chi connectivity index (χ2n) is 3.91. The number of hydrogen-bond acceptors (Lipinski definition) is 3. The molecule has 6 heteroatoms. The summed E-state index contributed by atoms with van der Waals surface area (Å²) in [7, 11) is 0. The zero-order valence-electron chi connectivity index (χ0n) is 9.01. The van der Waals surface area contributed by atoms with Gasteiger partial charge < -0.3 is 15.8 Å². The molecule has 90 valence electrons. The van der Waals surface area contributed by atoms with Gasteiger partial charge in [-0.05, 0) is 18.2 Å². The summed E-state index contributed by atoms with van der Waals surface area (Å²) in [6.07, 6.45) is 0.252. The molecule has 1 aliphatic heterocycles. The predicted octanol–water partition coefficient (Wildman–Crippen LogP) is 1.44. The third-order valence-corrected chi connectivity index (χ3v) is 3.01. The summed E-state index contributed by atoms with van der Waals surface area (Å²) in [4.78, 5) is 13.4. The van der Waals surface area contributed by atoms with E-state index in [2.05, 4.69) is 5.16 Å². The molecule has 1 aromatic carbocycles. The Kier molecular flexibility index (Phi) is 3.19. The number of rotatable bonds is 2. The van der Waals surface area contributed by atoms with Gasteiger partial charge >= 0.3 is 0 Å². The number of amides is 1. The molecule has 0 aromatic heterocycles. The van der Waals surface area contributed by atoms with Crippen molar-refractivity contribution in [3.05, 3.63) is 29.3 Å². The van der Waals surface area contributed by atoms with Gasteiger partial charge in [0.2, 0.25) is 5.91 Å². The number of hydrogen-bond donors (Lipinski definition) is 2. The number of carbonyl (C=O) groups is 1. The van der Waals surface area contributed by atoms with Crippen molar-refractivity contribution in [2.45, 2.75) is 6.42 Å². The Morgan fingerprint density at radius 1 is 1.59 bits per heavy atom. The average Bonchev–Trinajstić information content (AvgIpc) is 2.70. The molecule has 17 heavy (non-hydrogen) atoms. The molecule has 0 radical (unpaired) electrons. The highest BCUT2D eigenvalue weighted by atomic mass is 35.5. The van der Waals surface area contributed by atoms with Crippen LogP contribution < -0.4 is 10.6 Å². The first-order valence-corrected chi connectivity index (χ1v) is 5.53. The fourth-order valence-electron chi connectivity index (χ4n) is 1.88. The van der Waals surface area contributed by atoms with Crippen molar-refractivity contribution in [3.63, 3.8) is 0 Å². The van der Waals surface area contributed by atoms with Crippen LogP contribution in [0.3, 0.4) is 0 Å². The molecule has 0 unspecified atom stereocenters. The molecule has 0 saturated carbocycles. The lowest BCUT2D eigenvalue weighted by atomic mass is 10.1. The zero-order valence-corrected chi connectivity index (χ0v) is 9.76. The van der Waals surface area contributed by atoms with Crippen molar-refractivity contribution in [2.75, 3.05) is 11.4 Å². The Balaban J connectivity index is 2.21. The van der Waals surface area contributed by atoms with Gasteiger partial charge in [-0.1, -0.05) is 22.8 Å². The minimum atomic E-state index is -0.244. The lowest BCUT2D eigenvalue weighted by molar-refractivity contribution is -0.117. The Morgan fingerprint density at radius 2 is 2.35 bits per heavy atom. The minimum Gasteiger partial charge on any atom is -0.409 e. The SMILES string of the molecule is N/C(=N/O)[C@@H]1CC(=O)N(c2cccc(Cl)c2)C1. The Hall–Kier alpha value is -1.75. The highest BCUT2D eigenvalue weighted by Crippen LogP contribution is 2.27. The van der Waals surface area contributed by atoms with Crippen LogP contribution in [0.4, 0.5) is 5.69 Å². The van der Waals surface area contributed by atoms with E-state index in [1.54, 1.807) is 29.2 Å². The van der Waals surface area contributed by atoms with Crippen LogP contribution in [0.15, 0.2) is 29.4 Å². The van der Waals surface area contributed by atoms with E-state index in [0.29, 0.717) is 11.6 Å². The van der Waals surface area contributed by atoms with Crippen molar-refractivity contribution < 1.29 is 10.0 Å². The molecule has 2 rings (SSSR count). The normalized spacial score (nSPS) is 21.0. The number of amidine groups is 1. The van der Waals surface area contributed by atoms with Crippen molar-refractivity contribution in [1.82, 2.24) is 0 Å². The average molecular weight is 254 g/mol. The number of anilines is 1. The predicted molar refractivity (Wildman–Crippen MR) is 65.3 cm³/mol. The van der Waals surface area contributed by atoms with Crippen LogP contribution in [0.1, 0.15) is 6.42 Å². The largest absolute Gasteiger partial charge is 0.409 e. The highest BCUT2D eigenvalue weighted by Gasteiger charge is 2.33. The summed E-state index contributed by atoms with van der Waals surface area (Å²) in [6, 6.07) is 7.04. The van der Waals surface area contributed by atoms with Crippen LogP contribution in [0.5, 0.6) is 0 Å². The number of carbonyl (C=O) groups excluding carboxylic acids is 1. The molecule has 1 amide bonds. The molecule has 0 aliphatic carbocycles. The molecule has 1 atom stereocenters. The minimum absolute atomic E-state index is 0.0520. The highest BCUT2D eigenvalue weighted by molar-refractivity contribution is 6.30. The number of oxime groups is 1. The molecule has 1 aliphatic rings. The molecular formula is C11H12ClN3O2. The molecule has 0 bridgehead atoms. The molecule has 1 heterocycles. The number of nitrogens with zero attached hydrogens (tertiary/aromatic N) is 2. The van der Waals surface area contributed by atoms with E-state index in [1.165, 1.54) is 0 Å². The smallest absolute Gasteiger partial charge is 0.227 e. The van der Waals surface area contributed by atoms with E-state index in [-0.39, 0.29) is 24.1 Å². The third-order valence-electron chi connectivity index (χ3n) is 2.78. The topological polar surface area (TPSA) is 78.9 Å². The summed E-state index contributed by atoms with van der Waals surface area (Å²) in [6.45, 7) is 0.412. The first kappa shape index (κ1) is 11.7. The molecule has 1 saturated heterocycles. The van der Waals surface area contributed by atoms with Gasteiger partial charge in [0.05, 0.1) is 0 Å². The maximum absolute atomic E-state index is 11.8. The van der Waals surface area contributed by atoms with Gasteiger partial charge in [0.1, 0.15) is 5.84 Å². The lowest BCUT2D eigenvalue weighted by Crippen LogP contribution is -2.28. The van der Waals surface area contributed by atoms with Gasteiger partial charge in [-0.2, -0.15) is 0 Å². The molecule has 1 aromatic rings. The zero-order chi connectivity index (χ0) is 12.4. The van der Waals surface area contributed by atoms with E-state index in [1.807, 2.05) is 0 Å². The van der Waals surface area contributed by atoms with Crippen molar-refractivity contribution in [1.29, 1.82) is 0 Å². The first-order chi connectivity index (χ1) is 8.11. The first-order valence-electron chi connectivity index (χ1n) is 5.15. The Morgan fingerprint density at radius 3 is 3.00 bits per heavy atom. The van der Waals surface area contributed by atoms with E-state index in [9.17, 15) is 4.79 Å². The molecule has 5 nitrogen and oxygen atoms in total. The van der Waals surface area contributed by atoms with Crippen LogP contribution in [-0.4, -0.2) is 23.5 Å². The molecule has 0 spiro atoms. The number of halogens is 1. The van der Waals surface area contributed by atoms with Gasteiger partial charge in [0.15, 0.2) is 0 Å². The van der Waals surface area contributed by atoms with Crippen molar-refractivity contribution >= 4 is 29.0 Å². The van der Waals surface area contributed by atoms with Gasteiger partial charge in [0, 0.05) is 29.6 Å². The summed E-state index contributed by atoms with van der Waals surface area (Å²) in [5, 5.41) is 12.1. The number of nitrogens with two attached hydrogens (primary N) is 1. The fraction of sp³-hybridized carbons (Fsp3) is 0.273. The summed E-state index contributed by atoms with van der Waals surface area (Å²) in [5.74, 6) is -0.210. The molecule has 3 N–H and O–H groups in total. The van der Waals surface area contributed by atoms with Crippen LogP contribution in [0.2, 0.25) is 5.02 Å². The van der Waals surface area contributed by atoms with Crippen molar-refractivity contribution in [3.8, 4) is 0 Å². The van der Waals surface area contributed by atoms with Crippen LogP contribution in [0.25, 0.3) is 0 Å². The van der Waals surface area contributed by atoms with Gasteiger partial charge in [-0.3, -0.25) is 4.79 Å². The quantitative estimate of drug-likeness (QED) is 0.362. The van der Waals surface area contributed by atoms with E-state index in [0.717, 1.165) is 5.69 Å². The van der Waals surface area contributed by atoms with E-state index in [4.69, 9.17) is 22.5 Å². The lowest BCUT2D eigenvalue weighted by Gasteiger charge is -2.16. The summed E-state index contributed by atoms with van der Waals surface area (Å²) in [5.41, 5.74) is 6.24. The second kappa shape index (κ2) is 4.63. The molecular weight excluding hydrogens is 242 g/mol. The maximum atomic E-state index is 11.8. The summed E-state index contributed by atoms with van der Waals surface area (Å²) < 4.78 is 0. The van der Waals surface area contributed by atoms with Gasteiger partial charge in [0.25, 0.3) is 0 Å². The Labute approximate surface area is 103 Å². The summed E-state index contributed by atoms with van der Waals surface area (Å²) >= 11 is 5.87. The second-order valence-corrected chi connectivity index (χ2v) is 4.35. The van der Waals surface area contributed by atoms with E-state index >= 15 is 0 Å². The maximum Gasteiger partial charge on any atom is 0.227 e. The fourth-order valence-corrected chi connectivity index (χ4v) is 2.07. The molecule has 1 fully saturated rings. The monoisotopic (exact) mass is 253 g/mol. The van der Waals surface area contributed by atoms with Gasteiger partial charge in [-0.15, -0.1) is 0 Å². The standard InChI is InChI=1S/C11H12ClN3O2/c12-8-2-1-3-9(5-8)15-6-7(4-10(15)16)11(13)14-17/h1-3,5,7,17H,4,6H2,(H2,13,14)/t7-/m1/s1. The third kappa shape index (κ3) is 2.34. The van der Waals surface area contributed by atoms with Crippen molar-refractivity contribution in [2.24, 2.45) is 16.8 Å².